The minimum Gasteiger partial charge on any atom is -0.457 e. The van der Waals surface area contributed by atoms with Crippen LogP contribution in [0.5, 0.6) is 11.5 Å². The van der Waals surface area contributed by atoms with Crippen molar-refractivity contribution in [1.82, 2.24) is 18.7 Å². The van der Waals surface area contributed by atoms with E-state index in [-0.39, 0.29) is 0 Å². The van der Waals surface area contributed by atoms with Gasteiger partial charge >= 0.3 is 0 Å². The summed E-state index contributed by atoms with van der Waals surface area (Å²) >= 11 is 0. The lowest BCUT2D eigenvalue weighted by Gasteiger charge is -2.21. The fourth-order valence-corrected chi connectivity index (χ4v) is 11.1. The quantitative estimate of drug-likeness (QED) is 0.159. The standard InChI is InChI=1S/C62H41N7O/c1-65-39-66(57-29-13-12-28-56(57)65)41-16-14-17-42(35-41)70-43-32-33-49-48-22-6-11-27-55(48)69(60(49)36-43)61-34-40(37-63)50(38-64-61)62-58(67-51-23-7-2-18-44(51)45-19-3-8-24-52(45)67)30-15-31-59(62)68-53-25-9-4-20-46(53)47-21-5-10-26-54(47)68/h2-36,38H,39H2,1H3. The zero-order valence-corrected chi connectivity index (χ0v) is 38.0. The van der Waals surface area contributed by atoms with Gasteiger partial charge in [0.2, 0.25) is 0 Å². The van der Waals surface area contributed by atoms with E-state index in [1.165, 1.54) is 11.4 Å². The Balaban J connectivity index is 0.956. The van der Waals surface area contributed by atoms with Gasteiger partial charge in [0, 0.05) is 74.5 Å². The minimum absolute atomic E-state index is 0.504. The number of nitrogens with zero attached hydrogens (tertiary/aromatic N) is 7. The summed E-state index contributed by atoms with van der Waals surface area (Å²) in [5.41, 5.74) is 13.7. The molecule has 0 spiro atoms. The number of aromatic nitrogens is 4. The predicted octanol–water partition coefficient (Wildman–Crippen LogP) is 15.2. The van der Waals surface area contributed by atoms with E-state index in [0.717, 1.165) is 106 Å². The number of para-hydroxylation sites is 7. The number of ether oxygens (including phenoxy) is 1. The highest BCUT2D eigenvalue weighted by molar-refractivity contribution is 6.13. The maximum absolute atomic E-state index is 11.4. The first-order valence-electron chi connectivity index (χ1n) is 23.5. The number of pyridine rings is 1. The summed E-state index contributed by atoms with van der Waals surface area (Å²) in [5.74, 6) is 2.07. The van der Waals surface area contributed by atoms with Crippen LogP contribution in [0.4, 0.5) is 17.1 Å². The molecule has 70 heavy (non-hydrogen) atoms. The SMILES string of the molecule is CN1CN(c2cccc(Oc3ccc4c5ccccc5n(-c5cc(C#N)c(-c6c(-n7c8ccccc8c8ccccc87)cccc6-n6c7ccccc7c7ccccc76)cn5)c4c3)c2)c2ccccc21. The second-order valence-electron chi connectivity index (χ2n) is 18.0. The number of fused-ring (bicyclic) bond motifs is 10. The molecule has 8 heteroatoms. The second kappa shape index (κ2) is 15.5. The summed E-state index contributed by atoms with van der Waals surface area (Å²) < 4.78 is 13.5. The van der Waals surface area contributed by atoms with Crippen molar-refractivity contribution in [2.75, 3.05) is 23.5 Å². The highest BCUT2D eigenvalue weighted by atomic mass is 16.5. The molecule has 4 aromatic heterocycles. The lowest BCUT2D eigenvalue weighted by molar-refractivity contribution is 0.483. The number of benzene rings is 9. The minimum atomic E-state index is 0.504. The Kier molecular flexibility index (Phi) is 8.76. The van der Waals surface area contributed by atoms with Crippen molar-refractivity contribution in [2.24, 2.45) is 0 Å². The molecule has 0 unspecified atom stereocenters. The maximum Gasteiger partial charge on any atom is 0.138 e. The fraction of sp³-hybridized carbons (Fsp3) is 0.0323. The molecule has 14 rings (SSSR count). The second-order valence-corrected chi connectivity index (χ2v) is 18.0. The molecule has 0 aliphatic carbocycles. The van der Waals surface area contributed by atoms with Gasteiger partial charge in [-0.25, -0.2) is 4.98 Å². The summed E-state index contributed by atoms with van der Waals surface area (Å²) in [6.45, 7) is 0.749. The Bertz CT molecular complexity index is 4080. The molecule has 0 N–H and O–H groups in total. The fourth-order valence-electron chi connectivity index (χ4n) is 11.1. The van der Waals surface area contributed by atoms with Crippen LogP contribution < -0.4 is 14.5 Å². The third-order valence-corrected chi connectivity index (χ3v) is 14.1. The predicted molar refractivity (Wildman–Crippen MR) is 286 cm³/mol. The van der Waals surface area contributed by atoms with Gasteiger partial charge in [-0.05, 0) is 84.9 Å². The lowest BCUT2D eigenvalue weighted by atomic mass is 9.97. The summed E-state index contributed by atoms with van der Waals surface area (Å²) in [4.78, 5) is 9.89. The van der Waals surface area contributed by atoms with Gasteiger partial charge in [-0.3, -0.25) is 4.57 Å². The van der Waals surface area contributed by atoms with Crippen LogP contribution in [0.2, 0.25) is 0 Å². The molecule has 0 atom stereocenters. The molecule has 0 fully saturated rings. The van der Waals surface area contributed by atoms with Gasteiger partial charge in [0.05, 0.1) is 74.2 Å². The lowest BCUT2D eigenvalue weighted by Crippen LogP contribution is -2.23. The van der Waals surface area contributed by atoms with Crippen LogP contribution in [0.15, 0.2) is 219 Å². The Morgan fingerprint density at radius 1 is 0.443 bits per heavy atom. The van der Waals surface area contributed by atoms with Gasteiger partial charge in [-0.2, -0.15) is 5.26 Å². The van der Waals surface area contributed by atoms with E-state index in [9.17, 15) is 5.26 Å². The molecular weight excluding hydrogens is 859 g/mol. The molecule has 1 aliphatic heterocycles. The molecule has 9 aromatic carbocycles. The first-order valence-corrected chi connectivity index (χ1v) is 23.5. The normalized spacial score (nSPS) is 12.5. The zero-order valence-electron chi connectivity index (χ0n) is 38.0. The van der Waals surface area contributed by atoms with Crippen LogP contribution in [-0.4, -0.2) is 32.4 Å². The van der Waals surface area contributed by atoms with Crippen molar-refractivity contribution < 1.29 is 4.74 Å². The molecule has 5 heterocycles. The molecule has 330 valence electrons. The van der Waals surface area contributed by atoms with Gasteiger partial charge in [0.15, 0.2) is 0 Å². The topological polar surface area (TPSA) is 67.2 Å². The Morgan fingerprint density at radius 2 is 0.914 bits per heavy atom. The van der Waals surface area contributed by atoms with E-state index in [4.69, 9.17) is 9.72 Å². The molecule has 13 aromatic rings. The van der Waals surface area contributed by atoms with E-state index in [1.807, 2.05) is 36.5 Å². The summed E-state index contributed by atoms with van der Waals surface area (Å²) in [5, 5.41) is 18.2. The van der Waals surface area contributed by atoms with Crippen molar-refractivity contribution in [3.63, 3.8) is 0 Å². The molecule has 0 saturated carbocycles. The van der Waals surface area contributed by atoms with Crippen molar-refractivity contribution in [3.8, 4) is 45.9 Å². The van der Waals surface area contributed by atoms with Crippen LogP contribution in [0, 0.1) is 11.3 Å². The van der Waals surface area contributed by atoms with Crippen LogP contribution in [-0.2, 0) is 0 Å². The summed E-state index contributed by atoms with van der Waals surface area (Å²) in [6.07, 6.45) is 1.90. The smallest absolute Gasteiger partial charge is 0.138 e. The van der Waals surface area contributed by atoms with Crippen LogP contribution >= 0.6 is 0 Å². The summed E-state index contributed by atoms with van der Waals surface area (Å²) in [7, 11) is 2.12. The van der Waals surface area contributed by atoms with E-state index in [0.29, 0.717) is 17.1 Å². The van der Waals surface area contributed by atoms with Crippen molar-refractivity contribution in [2.45, 2.75) is 0 Å². The third kappa shape index (κ3) is 5.92. The largest absolute Gasteiger partial charge is 0.457 e. The Morgan fingerprint density at radius 3 is 1.49 bits per heavy atom. The van der Waals surface area contributed by atoms with Crippen LogP contribution in [0.3, 0.4) is 0 Å². The number of nitriles is 1. The van der Waals surface area contributed by atoms with Gasteiger partial charge < -0.3 is 23.7 Å². The maximum atomic E-state index is 11.4. The van der Waals surface area contributed by atoms with Gasteiger partial charge in [-0.1, -0.05) is 115 Å². The highest BCUT2D eigenvalue weighted by Crippen LogP contribution is 2.45. The number of hydrogen-bond donors (Lipinski definition) is 0. The van der Waals surface area contributed by atoms with Crippen molar-refractivity contribution in [3.05, 3.63) is 224 Å². The average Bonchev–Trinajstić information content (AvgIpc) is 4.14. The number of anilines is 3. The molecule has 0 bridgehead atoms. The van der Waals surface area contributed by atoms with E-state index in [2.05, 4.69) is 219 Å². The van der Waals surface area contributed by atoms with Crippen LogP contribution in [0.1, 0.15) is 5.56 Å². The Labute approximate surface area is 402 Å². The Hall–Kier alpha value is -9.58. The first kappa shape index (κ1) is 39.6. The first-order chi connectivity index (χ1) is 34.6. The number of rotatable bonds is 7. The molecule has 0 saturated heterocycles. The van der Waals surface area contributed by atoms with Crippen molar-refractivity contribution in [1.29, 1.82) is 5.26 Å². The van der Waals surface area contributed by atoms with Gasteiger partial charge in [0.25, 0.3) is 0 Å². The average molecular weight is 900 g/mol. The molecular formula is C62H41N7O. The third-order valence-electron chi connectivity index (χ3n) is 14.1. The van der Waals surface area contributed by atoms with E-state index < -0.39 is 0 Å². The number of hydrogen-bond acceptors (Lipinski definition) is 5. The van der Waals surface area contributed by atoms with Crippen molar-refractivity contribution >= 4 is 82.5 Å². The van der Waals surface area contributed by atoms with E-state index >= 15 is 0 Å². The molecule has 0 radical (unpaired) electrons. The molecule has 8 nitrogen and oxygen atoms in total. The molecule has 0 amide bonds. The van der Waals surface area contributed by atoms with Gasteiger partial charge in [0.1, 0.15) is 17.3 Å². The summed E-state index contributed by atoms with van der Waals surface area (Å²) in [6, 6.07) is 76.7. The highest BCUT2D eigenvalue weighted by Gasteiger charge is 2.26. The monoisotopic (exact) mass is 899 g/mol. The van der Waals surface area contributed by atoms with Gasteiger partial charge in [-0.15, -0.1) is 0 Å². The molecule has 1 aliphatic rings. The van der Waals surface area contributed by atoms with Crippen LogP contribution in [0.25, 0.3) is 93.7 Å². The van der Waals surface area contributed by atoms with E-state index in [1.54, 1.807) is 0 Å². The zero-order chi connectivity index (χ0) is 46.5.